The number of amides is 1. The second kappa shape index (κ2) is 7.94. The Bertz CT molecular complexity index is 726. The van der Waals surface area contributed by atoms with Gasteiger partial charge in [-0.15, -0.1) is 11.3 Å². The summed E-state index contributed by atoms with van der Waals surface area (Å²) < 4.78 is 5.06. The van der Waals surface area contributed by atoms with Crippen LogP contribution in [0, 0.1) is 5.92 Å². The minimum Gasteiger partial charge on any atom is -0.466 e. The van der Waals surface area contributed by atoms with Crippen LogP contribution in [0.5, 0.6) is 0 Å². The molecule has 8 heteroatoms. The minimum atomic E-state index is -0.139. The number of carbonyl (C=O) groups excluding carboxylic acids is 2. The zero-order valence-electron chi connectivity index (χ0n) is 13.4. The highest BCUT2D eigenvalue weighted by Crippen LogP contribution is 2.28. The van der Waals surface area contributed by atoms with E-state index in [1.807, 2.05) is 23.3 Å². The average molecular weight is 365 g/mol. The molecule has 1 aliphatic rings. The van der Waals surface area contributed by atoms with Gasteiger partial charge in [-0.1, -0.05) is 11.8 Å². The highest BCUT2D eigenvalue weighted by molar-refractivity contribution is 8.00. The van der Waals surface area contributed by atoms with Gasteiger partial charge in [0.15, 0.2) is 0 Å². The Morgan fingerprint density at radius 3 is 2.92 bits per heavy atom. The lowest BCUT2D eigenvalue weighted by atomic mass is 9.97. The third-order valence-electron chi connectivity index (χ3n) is 4.03. The van der Waals surface area contributed by atoms with E-state index in [0.717, 1.165) is 15.2 Å². The molecule has 3 rings (SSSR count). The molecule has 3 heterocycles. The fourth-order valence-electron chi connectivity index (χ4n) is 2.73. The lowest BCUT2D eigenvalue weighted by Gasteiger charge is -2.30. The number of aromatic nitrogens is 2. The number of carbonyl (C=O) groups is 2. The predicted molar refractivity (Wildman–Crippen MR) is 94.1 cm³/mol. The molecule has 1 saturated heterocycles. The standard InChI is InChI=1S/C16H19N3O3S2/c1-2-22-16(21)11-3-6-19(7-4-11)13(20)9-24-15-12-5-8-23-14(12)17-10-18-15/h5,8,10-11H,2-4,6-7,9H2,1H3. The third-order valence-corrected chi connectivity index (χ3v) is 5.84. The van der Waals surface area contributed by atoms with Crippen LogP contribution in [0.15, 0.2) is 22.8 Å². The summed E-state index contributed by atoms with van der Waals surface area (Å²) in [6, 6.07) is 1.98. The average Bonchev–Trinajstić information content (AvgIpc) is 3.09. The first-order valence-electron chi connectivity index (χ1n) is 7.94. The van der Waals surface area contributed by atoms with Crippen LogP contribution in [0.25, 0.3) is 10.2 Å². The number of nitrogens with zero attached hydrogens (tertiary/aromatic N) is 3. The number of esters is 1. The number of rotatable bonds is 5. The first-order chi connectivity index (χ1) is 11.7. The molecule has 2 aromatic rings. The monoisotopic (exact) mass is 365 g/mol. The summed E-state index contributed by atoms with van der Waals surface area (Å²) in [6.07, 6.45) is 2.89. The summed E-state index contributed by atoms with van der Waals surface area (Å²) in [4.78, 5) is 35.4. The predicted octanol–water partition coefficient (Wildman–Crippen LogP) is 2.59. The number of fused-ring (bicyclic) bond motifs is 1. The number of thiophene rings is 1. The Morgan fingerprint density at radius 2 is 2.17 bits per heavy atom. The van der Waals surface area contributed by atoms with Crippen molar-refractivity contribution in [2.24, 2.45) is 5.92 Å². The Morgan fingerprint density at radius 1 is 1.38 bits per heavy atom. The van der Waals surface area contributed by atoms with Crippen molar-refractivity contribution in [3.63, 3.8) is 0 Å². The molecule has 0 saturated carbocycles. The van der Waals surface area contributed by atoms with E-state index in [-0.39, 0.29) is 17.8 Å². The molecular weight excluding hydrogens is 346 g/mol. The highest BCUT2D eigenvalue weighted by Gasteiger charge is 2.28. The molecule has 0 unspecified atom stereocenters. The molecule has 2 aromatic heterocycles. The van der Waals surface area contributed by atoms with E-state index >= 15 is 0 Å². The van der Waals surface area contributed by atoms with Crippen molar-refractivity contribution in [3.05, 3.63) is 17.8 Å². The van der Waals surface area contributed by atoms with Gasteiger partial charge in [-0.3, -0.25) is 9.59 Å². The van der Waals surface area contributed by atoms with Gasteiger partial charge in [-0.05, 0) is 31.2 Å². The number of likely N-dealkylation sites (tertiary alicyclic amines) is 1. The van der Waals surface area contributed by atoms with Crippen LogP contribution in [-0.2, 0) is 14.3 Å². The summed E-state index contributed by atoms with van der Waals surface area (Å²) in [5.74, 6) is 0.226. The van der Waals surface area contributed by atoms with Crippen molar-refractivity contribution >= 4 is 45.2 Å². The number of hydrogen-bond donors (Lipinski definition) is 0. The molecule has 0 aromatic carbocycles. The van der Waals surface area contributed by atoms with Crippen molar-refractivity contribution in [1.29, 1.82) is 0 Å². The maximum absolute atomic E-state index is 12.4. The molecule has 1 fully saturated rings. The summed E-state index contributed by atoms with van der Waals surface area (Å²) in [6.45, 7) is 3.44. The van der Waals surface area contributed by atoms with E-state index in [1.165, 1.54) is 18.1 Å². The lowest BCUT2D eigenvalue weighted by Crippen LogP contribution is -2.41. The van der Waals surface area contributed by atoms with Crippen molar-refractivity contribution in [2.75, 3.05) is 25.4 Å². The van der Waals surface area contributed by atoms with Gasteiger partial charge in [0.25, 0.3) is 0 Å². The number of piperidine rings is 1. The van der Waals surface area contributed by atoms with Crippen LogP contribution in [-0.4, -0.2) is 52.2 Å². The molecule has 1 amide bonds. The quantitative estimate of drug-likeness (QED) is 0.461. The van der Waals surface area contributed by atoms with Gasteiger partial charge in [-0.25, -0.2) is 9.97 Å². The van der Waals surface area contributed by atoms with Gasteiger partial charge < -0.3 is 9.64 Å². The van der Waals surface area contributed by atoms with E-state index in [0.29, 0.717) is 38.3 Å². The van der Waals surface area contributed by atoms with Gasteiger partial charge in [0.1, 0.15) is 16.2 Å². The largest absolute Gasteiger partial charge is 0.466 e. The van der Waals surface area contributed by atoms with E-state index in [9.17, 15) is 9.59 Å². The van der Waals surface area contributed by atoms with Gasteiger partial charge in [0.2, 0.25) is 5.91 Å². The second-order valence-electron chi connectivity index (χ2n) is 5.51. The van der Waals surface area contributed by atoms with E-state index in [2.05, 4.69) is 9.97 Å². The van der Waals surface area contributed by atoms with Crippen molar-refractivity contribution in [3.8, 4) is 0 Å². The van der Waals surface area contributed by atoms with E-state index in [1.54, 1.807) is 11.3 Å². The minimum absolute atomic E-state index is 0.0750. The molecule has 0 radical (unpaired) electrons. The molecule has 6 nitrogen and oxygen atoms in total. The Labute approximate surface area is 148 Å². The number of hydrogen-bond acceptors (Lipinski definition) is 7. The molecule has 0 bridgehead atoms. The van der Waals surface area contributed by atoms with Crippen LogP contribution < -0.4 is 0 Å². The zero-order chi connectivity index (χ0) is 16.9. The van der Waals surface area contributed by atoms with E-state index in [4.69, 9.17) is 4.74 Å². The smallest absolute Gasteiger partial charge is 0.309 e. The van der Waals surface area contributed by atoms with Crippen molar-refractivity contribution in [2.45, 2.75) is 24.8 Å². The van der Waals surface area contributed by atoms with Crippen LogP contribution in [0.2, 0.25) is 0 Å². The zero-order valence-corrected chi connectivity index (χ0v) is 15.1. The number of thioether (sulfide) groups is 1. The molecule has 0 atom stereocenters. The Balaban J connectivity index is 1.51. The molecule has 24 heavy (non-hydrogen) atoms. The fourth-order valence-corrected chi connectivity index (χ4v) is 4.41. The molecule has 1 aliphatic heterocycles. The van der Waals surface area contributed by atoms with Crippen molar-refractivity contribution < 1.29 is 14.3 Å². The SMILES string of the molecule is CCOC(=O)C1CCN(C(=O)CSc2ncnc3sccc23)CC1. The Kier molecular flexibility index (Phi) is 5.68. The molecular formula is C16H19N3O3S2. The van der Waals surface area contributed by atoms with Gasteiger partial charge >= 0.3 is 5.97 Å². The lowest BCUT2D eigenvalue weighted by molar-refractivity contribution is -0.151. The van der Waals surface area contributed by atoms with Crippen molar-refractivity contribution in [1.82, 2.24) is 14.9 Å². The van der Waals surface area contributed by atoms with Crippen LogP contribution in [0.3, 0.4) is 0 Å². The fraction of sp³-hybridized carbons (Fsp3) is 0.500. The highest BCUT2D eigenvalue weighted by atomic mass is 32.2. The molecule has 128 valence electrons. The third kappa shape index (κ3) is 3.87. The Hall–Kier alpha value is -1.67. The van der Waals surface area contributed by atoms with E-state index < -0.39 is 0 Å². The molecule has 0 spiro atoms. The normalized spacial score (nSPS) is 15.6. The maximum Gasteiger partial charge on any atom is 0.309 e. The van der Waals surface area contributed by atoms with Gasteiger partial charge in [0, 0.05) is 18.5 Å². The first kappa shape index (κ1) is 17.2. The van der Waals surface area contributed by atoms with Crippen LogP contribution in [0.4, 0.5) is 0 Å². The first-order valence-corrected chi connectivity index (χ1v) is 9.81. The number of ether oxygens (including phenoxy) is 1. The maximum atomic E-state index is 12.4. The summed E-state index contributed by atoms with van der Waals surface area (Å²) in [7, 11) is 0. The summed E-state index contributed by atoms with van der Waals surface area (Å²) in [5, 5.41) is 3.82. The van der Waals surface area contributed by atoms with Gasteiger partial charge in [0.05, 0.1) is 18.3 Å². The topological polar surface area (TPSA) is 72.4 Å². The summed E-state index contributed by atoms with van der Waals surface area (Å²) in [5.41, 5.74) is 0. The molecule has 0 N–H and O–H groups in total. The second-order valence-corrected chi connectivity index (χ2v) is 7.37. The summed E-state index contributed by atoms with van der Waals surface area (Å²) >= 11 is 3.01. The van der Waals surface area contributed by atoms with Gasteiger partial charge in [-0.2, -0.15) is 0 Å². The van der Waals surface area contributed by atoms with Crippen LogP contribution >= 0.6 is 23.1 Å². The molecule has 0 aliphatic carbocycles. The van der Waals surface area contributed by atoms with Crippen LogP contribution in [0.1, 0.15) is 19.8 Å².